The number of aliphatic imine (C=N–C) groups is 1. The fraction of sp³-hybridized carbons (Fsp3) is 0.0145. The number of amidine groups is 1. The molecule has 338 valence electrons. The number of nitrogens with one attached hydrogen (secondary N) is 1. The van der Waals surface area contributed by atoms with E-state index in [-0.39, 0.29) is 6.04 Å². The van der Waals surface area contributed by atoms with Gasteiger partial charge in [-0.25, -0.2) is 9.98 Å². The normalized spacial score (nSPS) is 13.4. The molecule has 1 aliphatic rings. The molecule has 12 aromatic rings. The maximum absolute atomic E-state index is 5.68. The number of benzene rings is 11. The number of hydrogen-bond donors (Lipinski definition) is 1. The van der Waals surface area contributed by atoms with Crippen molar-refractivity contribution in [1.29, 1.82) is 0 Å². The first-order chi connectivity index (χ1) is 35.7. The lowest BCUT2D eigenvalue weighted by Gasteiger charge is -2.26. The largest absolute Gasteiger partial charge is 0.359 e. The molecule has 72 heavy (non-hydrogen) atoms. The molecular weight excluding hydrogens is 871 g/mol. The summed E-state index contributed by atoms with van der Waals surface area (Å²) in [5.41, 5.74) is 17.1. The highest BCUT2D eigenvalue weighted by atomic mass is 15.0. The summed E-state index contributed by atoms with van der Waals surface area (Å²) in [6.45, 7) is 0. The Morgan fingerprint density at radius 1 is 0.278 bits per heavy atom. The number of pyridine rings is 1. The van der Waals surface area contributed by atoms with Gasteiger partial charge in [0.25, 0.3) is 0 Å². The average molecular weight is 918 g/mol. The first-order valence-corrected chi connectivity index (χ1v) is 24.7. The Bertz CT molecular complexity index is 3880. The Labute approximate surface area is 419 Å². The molecule has 2 heterocycles. The lowest BCUT2D eigenvalue weighted by atomic mass is 9.82. The predicted molar refractivity (Wildman–Crippen MR) is 303 cm³/mol. The third kappa shape index (κ3) is 7.84. The summed E-state index contributed by atoms with van der Waals surface area (Å²) in [7, 11) is 0. The van der Waals surface area contributed by atoms with Gasteiger partial charge in [0, 0.05) is 33.4 Å². The number of nitrogens with zero attached hydrogens (tertiary/aromatic N) is 2. The van der Waals surface area contributed by atoms with Crippen LogP contribution < -0.4 is 5.32 Å². The van der Waals surface area contributed by atoms with E-state index in [1.165, 1.54) is 37.9 Å². The molecule has 1 aliphatic heterocycles. The highest BCUT2D eigenvalue weighted by molar-refractivity contribution is 6.25. The van der Waals surface area contributed by atoms with Gasteiger partial charge in [-0.1, -0.05) is 255 Å². The summed E-state index contributed by atoms with van der Waals surface area (Å²) >= 11 is 0. The van der Waals surface area contributed by atoms with Crippen molar-refractivity contribution in [2.24, 2.45) is 4.99 Å². The molecule has 1 N–H and O–H groups in total. The second-order valence-corrected chi connectivity index (χ2v) is 18.5. The van der Waals surface area contributed by atoms with Crippen molar-refractivity contribution in [3.8, 4) is 67.0 Å². The van der Waals surface area contributed by atoms with Gasteiger partial charge in [0.05, 0.1) is 23.1 Å². The van der Waals surface area contributed by atoms with Crippen molar-refractivity contribution < 1.29 is 0 Å². The minimum atomic E-state index is -0.194. The molecule has 3 nitrogen and oxygen atoms in total. The number of rotatable bonds is 9. The predicted octanol–water partition coefficient (Wildman–Crippen LogP) is 17.7. The fourth-order valence-electron chi connectivity index (χ4n) is 10.7. The molecule has 0 amide bonds. The van der Waals surface area contributed by atoms with Gasteiger partial charge in [-0.05, 0) is 89.5 Å². The molecule has 3 heteroatoms. The molecule has 1 aromatic heterocycles. The van der Waals surface area contributed by atoms with Gasteiger partial charge < -0.3 is 5.32 Å². The van der Waals surface area contributed by atoms with Crippen LogP contribution in [0.5, 0.6) is 0 Å². The van der Waals surface area contributed by atoms with Gasteiger partial charge in [0.15, 0.2) is 0 Å². The Kier molecular flexibility index (Phi) is 10.9. The number of aromatic nitrogens is 1. The van der Waals surface area contributed by atoms with Gasteiger partial charge in [-0.3, -0.25) is 0 Å². The van der Waals surface area contributed by atoms with Crippen LogP contribution in [0.3, 0.4) is 0 Å². The van der Waals surface area contributed by atoms with E-state index < -0.39 is 0 Å². The average Bonchev–Trinajstić information content (AvgIpc) is 3.47. The van der Waals surface area contributed by atoms with Crippen LogP contribution in [0.15, 0.2) is 278 Å². The molecule has 0 aliphatic carbocycles. The minimum Gasteiger partial charge on any atom is -0.359 e. The first-order valence-electron chi connectivity index (χ1n) is 24.7. The summed E-state index contributed by atoms with van der Waals surface area (Å²) in [4.78, 5) is 11.0. The molecule has 0 spiro atoms. The summed E-state index contributed by atoms with van der Waals surface area (Å²) in [5.74, 6) is 0.831. The van der Waals surface area contributed by atoms with E-state index in [1.807, 2.05) is 0 Å². The summed E-state index contributed by atoms with van der Waals surface area (Å²) in [5, 5.41) is 11.5. The van der Waals surface area contributed by atoms with Crippen LogP contribution in [0, 0.1) is 0 Å². The zero-order chi connectivity index (χ0) is 47.8. The standard InChI is InChI=1S/C69H47N3/c1-6-21-48(22-7-1)65-64(66(49-23-8-2-9-24-49)68(51-27-12-4-13-28-51)72-67(65)50-25-10-3-11-26-50)55-32-20-31-54(43-55)63-45-62(70-69(71-63)52-29-14-5-15-30-52)47-39-37-46(38-40-47)53-41-42-60-58-35-17-16-33-56(58)57-34-18-19-36-59(57)61(60)44-53/h1-45,63H,(H,70,71). The Morgan fingerprint density at radius 3 is 1.22 bits per heavy atom. The van der Waals surface area contributed by atoms with Gasteiger partial charge in [0.2, 0.25) is 0 Å². The molecular formula is C69H47N3. The third-order valence-corrected chi connectivity index (χ3v) is 14.1. The van der Waals surface area contributed by atoms with E-state index in [9.17, 15) is 0 Å². The van der Waals surface area contributed by atoms with Crippen molar-refractivity contribution in [3.63, 3.8) is 0 Å². The van der Waals surface area contributed by atoms with Crippen LogP contribution in [0.2, 0.25) is 0 Å². The Hall–Kier alpha value is -9.44. The lowest BCUT2D eigenvalue weighted by molar-refractivity contribution is 0.781. The lowest BCUT2D eigenvalue weighted by Crippen LogP contribution is -2.31. The molecule has 0 fully saturated rings. The highest BCUT2D eigenvalue weighted by Crippen LogP contribution is 2.49. The van der Waals surface area contributed by atoms with Gasteiger partial charge >= 0.3 is 0 Å². The Balaban J connectivity index is 0.962. The molecule has 1 unspecified atom stereocenters. The second-order valence-electron chi connectivity index (χ2n) is 18.5. The minimum absolute atomic E-state index is 0.194. The van der Waals surface area contributed by atoms with Gasteiger partial charge in [-0.2, -0.15) is 0 Å². The van der Waals surface area contributed by atoms with E-state index >= 15 is 0 Å². The molecule has 0 bridgehead atoms. The summed E-state index contributed by atoms with van der Waals surface area (Å²) < 4.78 is 0. The van der Waals surface area contributed by atoms with Crippen LogP contribution in [-0.4, -0.2) is 10.8 Å². The first kappa shape index (κ1) is 42.6. The molecule has 0 saturated heterocycles. The van der Waals surface area contributed by atoms with Crippen molar-refractivity contribution in [3.05, 3.63) is 290 Å². The topological polar surface area (TPSA) is 37.3 Å². The molecule has 11 aromatic carbocycles. The van der Waals surface area contributed by atoms with E-state index in [0.29, 0.717) is 0 Å². The maximum Gasteiger partial charge on any atom is 0.134 e. The van der Waals surface area contributed by atoms with Crippen molar-refractivity contribution in [1.82, 2.24) is 10.3 Å². The Morgan fingerprint density at radius 2 is 0.694 bits per heavy atom. The zero-order valence-corrected chi connectivity index (χ0v) is 39.5. The SMILES string of the molecule is C1=C(c2ccc(-c3ccc4c5ccccc5c5ccccc5c4c3)cc2)N=C(c2ccccc2)NC1c1cccc(-c2c(-c3ccccc3)c(-c3ccccc3)nc(-c3ccccc3)c2-c2ccccc2)c1. The quantitative estimate of drug-likeness (QED) is 0.147. The van der Waals surface area contributed by atoms with Crippen LogP contribution in [0.4, 0.5) is 0 Å². The number of fused-ring (bicyclic) bond motifs is 6. The summed E-state index contributed by atoms with van der Waals surface area (Å²) in [6.07, 6.45) is 2.28. The second kappa shape index (κ2) is 18.5. The van der Waals surface area contributed by atoms with E-state index in [1.54, 1.807) is 0 Å². The van der Waals surface area contributed by atoms with Crippen molar-refractivity contribution in [2.75, 3.05) is 0 Å². The highest BCUT2D eigenvalue weighted by Gasteiger charge is 2.27. The summed E-state index contributed by atoms with van der Waals surface area (Å²) in [6, 6.07) is 95.4. The van der Waals surface area contributed by atoms with Crippen LogP contribution in [-0.2, 0) is 0 Å². The maximum atomic E-state index is 5.68. The molecule has 0 saturated carbocycles. The van der Waals surface area contributed by atoms with Crippen molar-refractivity contribution in [2.45, 2.75) is 6.04 Å². The van der Waals surface area contributed by atoms with Crippen molar-refractivity contribution >= 4 is 43.9 Å². The van der Waals surface area contributed by atoms with Crippen LogP contribution in [0.25, 0.3) is 105 Å². The molecule has 1 atom stereocenters. The monoisotopic (exact) mass is 917 g/mol. The van der Waals surface area contributed by atoms with Gasteiger partial charge in [0.1, 0.15) is 5.84 Å². The van der Waals surface area contributed by atoms with E-state index in [4.69, 9.17) is 9.98 Å². The third-order valence-electron chi connectivity index (χ3n) is 14.1. The van der Waals surface area contributed by atoms with Gasteiger partial charge in [-0.15, -0.1) is 0 Å². The molecule has 13 rings (SSSR count). The van der Waals surface area contributed by atoms with Crippen LogP contribution in [0.1, 0.15) is 22.7 Å². The number of hydrogen-bond acceptors (Lipinski definition) is 3. The van der Waals surface area contributed by atoms with E-state index in [0.717, 1.165) is 89.7 Å². The van der Waals surface area contributed by atoms with Crippen LogP contribution >= 0.6 is 0 Å². The smallest absolute Gasteiger partial charge is 0.134 e. The van der Waals surface area contributed by atoms with E-state index in [2.05, 4.69) is 278 Å². The molecule has 0 radical (unpaired) electrons. The zero-order valence-electron chi connectivity index (χ0n) is 39.5. The fourth-order valence-corrected chi connectivity index (χ4v) is 10.7.